The van der Waals surface area contributed by atoms with Crippen LogP contribution in [0.1, 0.15) is 18.1 Å². The third-order valence-electron chi connectivity index (χ3n) is 2.86. The summed E-state index contributed by atoms with van der Waals surface area (Å²) in [5.74, 6) is 0.0181. The average Bonchev–Trinajstić information content (AvgIpc) is 2.53. The SMILES string of the molecule is CCOc1nc(N)nc(NNC(=O)Nc2cccc(C)c2)c1C#N. The molecule has 5 N–H and O–H groups in total. The second-order valence-electron chi connectivity index (χ2n) is 4.73. The number of ether oxygens (including phenoxy) is 1. The standard InChI is InChI=1S/C15H17N7O2/c1-3-24-13-11(8-16)12(19-14(17)20-13)21-22-15(23)18-10-6-4-5-9(2)7-10/h4-7H,3H2,1-2H3,(H2,18,22,23)(H3,17,19,20,21). The minimum atomic E-state index is -0.528. The van der Waals surface area contributed by atoms with E-state index in [9.17, 15) is 10.1 Å². The zero-order valence-electron chi connectivity index (χ0n) is 13.3. The van der Waals surface area contributed by atoms with E-state index in [0.29, 0.717) is 12.3 Å². The van der Waals surface area contributed by atoms with Crippen LogP contribution in [-0.4, -0.2) is 22.6 Å². The largest absolute Gasteiger partial charge is 0.477 e. The fourth-order valence-corrected chi connectivity index (χ4v) is 1.89. The molecule has 0 saturated carbocycles. The highest BCUT2D eigenvalue weighted by Crippen LogP contribution is 2.22. The Bertz CT molecular complexity index is 786. The van der Waals surface area contributed by atoms with Gasteiger partial charge in [0.2, 0.25) is 11.8 Å². The van der Waals surface area contributed by atoms with Crippen LogP contribution in [0.4, 0.5) is 22.2 Å². The molecule has 9 heteroatoms. The highest BCUT2D eigenvalue weighted by atomic mass is 16.5. The summed E-state index contributed by atoms with van der Waals surface area (Å²) in [6.07, 6.45) is 0. The normalized spacial score (nSPS) is 9.71. The molecule has 0 unspecified atom stereocenters. The highest BCUT2D eigenvalue weighted by molar-refractivity contribution is 5.90. The molecule has 0 bridgehead atoms. The average molecular weight is 327 g/mol. The zero-order chi connectivity index (χ0) is 17.5. The van der Waals surface area contributed by atoms with E-state index >= 15 is 0 Å². The third-order valence-corrected chi connectivity index (χ3v) is 2.86. The number of carbonyl (C=O) groups is 1. The molecule has 2 aromatic rings. The molecule has 0 atom stereocenters. The Morgan fingerprint density at radius 1 is 1.42 bits per heavy atom. The van der Waals surface area contributed by atoms with Crippen LogP contribution >= 0.6 is 0 Å². The first-order valence-electron chi connectivity index (χ1n) is 7.13. The summed E-state index contributed by atoms with van der Waals surface area (Å²) in [6, 6.07) is 8.70. The van der Waals surface area contributed by atoms with Crippen molar-refractivity contribution in [3.05, 3.63) is 35.4 Å². The molecule has 0 radical (unpaired) electrons. The van der Waals surface area contributed by atoms with Gasteiger partial charge in [-0.1, -0.05) is 12.1 Å². The van der Waals surface area contributed by atoms with Gasteiger partial charge in [0, 0.05) is 5.69 Å². The van der Waals surface area contributed by atoms with Gasteiger partial charge in [-0.05, 0) is 31.5 Å². The lowest BCUT2D eigenvalue weighted by atomic mass is 10.2. The molecular formula is C15H17N7O2. The van der Waals surface area contributed by atoms with Gasteiger partial charge in [-0.15, -0.1) is 0 Å². The molecule has 1 aromatic heterocycles. The number of hydrogen-bond acceptors (Lipinski definition) is 7. The number of hydrogen-bond donors (Lipinski definition) is 4. The molecular weight excluding hydrogens is 310 g/mol. The van der Waals surface area contributed by atoms with E-state index in [1.807, 2.05) is 31.2 Å². The van der Waals surface area contributed by atoms with Gasteiger partial charge in [-0.3, -0.25) is 5.43 Å². The number of benzene rings is 1. The van der Waals surface area contributed by atoms with Gasteiger partial charge in [0.25, 0.3) is 0 Å². The van der Waals surface area contributed by atoms with Crippen LogP contribution in [0.15, 0.2) is 24.3 Å². The van der Waals surface area contributed by atoms with Crippen molar-refractivity contribution >= 4 is 23.5 Å². The fourth-order valence-electron chi connectivity index (χ4n) is 1.89. The van der Waals surface area contributed by atoms with Crippen LogP contribution in [0.2, 0.25) is 0 Å². The van der Waals surface area contributed by atoms with Crippen molar-refractivity contribution in [3.63, 3.8) is 0 Å². The first-order valence-corrected chi connectivity index (χ1v) is 7.13. The van der Waals surface area contributed by atoms with E-state index in [0.717, 1.165) is 5.56 Å². The highest BCUT2D eigenvalue weighted by Gasteiger charge is 2.15. The monoisotopic (exact) mass is 327 g/mol. The molecule has 0 aliphatic heterocycles. The van der Waals surface area contributed by atoms with Crippen molar-refractivity contribution < 1.29 is 9.53 Å². The molecule has 24 heavy (non-hydrogen) atoms. The number of carbonyl (C=O) groups excluding carboxylic acids is 1. The summed E-state index contributed by atoms with van der Waals surface area (Å²) in [5, 5.41) is 11.9. The van der Waals surface area contributed by atoms with Crippen LogP contribution in [-0.2, 0) is 0 Å². The Morgan fingerprint density at radius 2 is 2.21 bits per heavy atom. The minimum Gasteiger partial charge on any atom is -0.477 e. The van der Waals surface area contributed by atoms with Gasteiger partial charge >= 0.3 is 6.03 Å². The molecule has 1 aromatic carbocycles. The predicted octanol–water partition coefficient (Wildman–Crippen LogP) is 1.79. The zero-order valence-corrected chi connectivity index (χ0v) is 13.3. The van der Waals surface area contributed by atoms with Gasteiger partial charge < -0.3 is 15.8 Å². The summed E-state index contributed by atoms with van der Waals surface area (Å²) >= 11 is 0. The van der Waals surface area contributed by atoms with Crippen molar-refractivity contribution in [1.29, 1.82) is 5.26 Å². The number of nitrogen functional groups attached to an aromatic ring is 1. The lowest BCUT2D eigenvalue weighted by molar-refractivity contribution is 0.253. The van der Waals surface area contributed by atoms with Crippen LogP contribution in [0.25, 0.3) is 0 Å². The second kappa shape index (κ2) is 7.64. The predicted molar refractivity (Wildman–Crippen MR) is 89.3 cm³/mol. The third kappa shape index (κ3) is 4.23. The number of amides is 2. The van der Waals surface area contributed by atoms with Crippen LogP contribution in [0.5, 0.6) is 5.88 Å². The number of nitrogens with zero attached hydrogens (tertiary/aromatic N) is 3. The Labute approximate surface area is 138 Å². The Kier molecular flexibility index (Phi) is 5.36. The maximum atomic E-state index is 11.9. The molecule has 0 aliphatic rings. The second-order valence-corrected chi connectivity index (χ2v) is 4.73. The number of hydrazine groups is 1. The number of rotatable bonds is 5. The van der Waals surface area contributed by atoms with Gasteiger partial charge in [0.1, 0.15) is 6.07 Å². The Hall–Kier alpha value is -3.54. The molecule has 2 rings (SSSR count). The van der Waals surface area contributed by atoms with Crippen molar-refractivity contribution in [2.45, 2.75) is 13.8 Å². The lowest BCUT2D eigenvalue weighted by Gasteiger charge is -2.12. The number of aromatic nitrogens is 2. The van der Waals surface area contributed by atoms with Gasteiger partial charge in [0.15, 0.2) is 11.4 Å². The van der Waals surface area contributed by atoms with Crippen molar-refractivity contribution in [2.75, 3.05) is 23.1 Å². The number of nitriles is 1. The summed E-state index contributed by atoms with van der Waals surface area (Å²) < 4.78 is 5.24. The summed E-state index contributed by atoms with van der Waals surface area (Å²) in [7, 11) is 0. The molecule has 0 saturated heterocycles. The van der Waals surface area contributed by atoms with E-state index in [1.165, 1.54) is 0 Å². The molecule has 9 nitrogen and oxygen atoms in total. The van der Waals surface area contributed by atoms with Gasteiger partial charge in [-0.25, -0.2) is 10.2 Å². The van der Waals surface area contributed by atoms with E-state index in [-0.39, 0.29) is 23.2 Å². The first kappa shape index (κ1) is 16.8. The van der Waals surface area contributed by atoms with E-state index < -0.39 is 6.03 Å². The number of aryl methyl sites for hydroxylation is 1. The van der Waals surface area contributed by atoms with E-state index in [1.54, 1.807) is 13.0 Å². The Morgan fingerprint density at radius 3 is 2.88 bits per heavy atom. The van der Waals surface area contributed by atoms with Crippen LogP contribution < -0.4 is 26.6 Å². The molecule has 124 valence electrons. The summed E-state index contributed by atoms with van der Waals surface area (Å²) in [6.45, 7) is 3.98. The maximum Gasteiger partial charge on any atom is 0.337 e. The smallest absolute Gasteiger partial charge is 0.337 e. The number of urea groups is 1. The van der Waals surface area contributed by atoms with E-state index in [2.05, 4.69) is 26.1 Å². The van der Waals surface area contributed by atoms with Crippen molar-refractivity contribution in [2.24, 2.45) is 0 Å². The molecule has 0 spiro atoms. The van der Waals surface area contributed by atoms with Gasteiger partial charge in [-0.2, -0.15) is 15.2 Å². The van der Waals surface area contributed by atoms with Crippen LogP contribution in [0.3, 0.4) is 0 Å². The number of nitrogens with two attached hydrogens (primary N) is 1. The van der Waals surface area contributed by atoms with Crippen molar-refractivity contribution in [3.8, 4) is 11.9 Å². The van der Waals surface area contributed by atoms with Crippen molar-refractivity contribution in [1.82, 2.24) is 15.4 Å². The fraction of sp³-hybridized carbons (Fsp3) is 0.200. The first-order chi connectivity index (χ1) is 11.5. The molecule has 0 aliphatic carbocycles. The van der Waals surface area contributed by atoms with Gasteiger partial charge in [0.05, 0.1) is 6.61 Å². The maximum absolute atomic E-state index is 11.9. The molecule has 0 fully saturated rings. The van der Waals surface area contributed by atoms with Crippen LogP contribution in [0, 0.1) is 18.3 Å². The molecule has 1 heterocycles. The van der Waals surface area contributed by atoms with E-state index in [4.69, 9.17) is 10.5 Å². The minimum absolute atomic E-state index is 0.0434. The summed E-state index contributed by atoms with van der Waals surface area (Å²) in [4.78, 5) is 19.7. The quantitative estimate of drug-likeness (QED) is 0.614. The number of anilines is 3. The molecule has 2 amide bonds. The lowest BCUT2D eigenvalue weighted by Crippen LogP contribution is -2.34. The topological polar surface area (TPSA) is 138 Å². The summed E-state index contributed by atoms with van der Waals surface area (Å²) in [5.41, 5.74) is 12.2. The Balaban J connectivity index is 2.08. The number of nitrogens with one attached hydrogen (secondary N) is 3.